The van der Waals surface area contributed by atoms with Crippen molar-refractivity contribution in [2.24, 2.45) is 17.8 Å². The second-order valence-corrected chi connectivity index (χ2v) is 13.9. The van der Waals surface area contributed by atoms with Crippen LogP contribution < -0.4 is 20.7 Å². The molecule has 3 rings (SSSR count). The van der Waals surface area contributed by atoms with Gasteiger partial charge in [0.25, 0.3) is 0 Å². The normalized spacial score (nSPS) is 23.2. The number of esters is 2. The third-order valence-corrected chi connectivity index (χ3v) is 9.28. The fourth-order valence-electron chi connectivity index (χ4n) is 5.58. The largest absolute Gasteiger partial charge is 0.495 e. The average Bonchev–Trinajstić information content (AvgIpc) is 3.08. The van der Waals surface area contributed by atoms with Crippen LogP contribution in [0, 0.1) is 17.8 Å². The third kappa shape index (κ3) is 12.9. The van der Waals surface area contributed by atoms with E-state index in [9.17, 15) is 29.1 Å². The maximum Gasteiger partial charge on any atom is 0.347 e. The number of carboxylic acids is 1. The van der Waals surface area contributed by atoms with Crippen molar-refractivity contribution in [3.63, 3.8) is 0 Å². The van der Waals surface area contributed by atoms with Crippen LogP contribution in [0.1, 0.15) is 57.0 Å². The first-order valence-electron chi connectivity index (χ1n) is 16.8. The Morgan fingerprint density at radius 1 is 1.06 bits per heavy atom. The second kappa shape index (κ2) is 20.0. The molecule has 1 unspecified atom stereocenters. The molecule has 1 aliphatic heterocycles. The Kier molecular flexibility index (Phi) is 16.2. The van der Waals surface area contributed by atoms with E-state index in [1.54, 1.807) is 56.3 Å². The number of rotatable bonds is 12. The number of amides is 2. The minimum absolute atomic E-state index is 0.00761. The van der Waals surface area contributed by atoms with Crippen LogP contribution in [0.2, 0.25) is 5.02 Å². The smallest absolute Gasteiger partial charge is 0.347 e. The first-order valence-corrected chi connectivity index (χ1v) is 17.6. The first kappa shape index (κ1) is 41.3. The highest BCUT2D eigenvalue weighted by Crippen LogP contribution is 2.32. The highest BCUT2D eigenvalue weighted by Gasteiger charge is 2.37. The predicted octanol–water partition coefficient (Wildman–Crippen LogP) is 4.62. The minimum atomic E-state index is -1.26. The Hall–Kier alpha value is -4.13. The standard InChI is InChI=1S/C37H47Cl2N3O9/c1-21(2)16-30-37(48)50-28(23(4)34(40-20-32(44)45)33(39)25-10-7-6-8-11-25)12-9-13-31(43)42-27(35(46)41-19-22(3)36(47)51-30)18-24-14-15-29(49-5)26(38)17-24/h6-11,13-15,17,21-23,27-28,30,33-34,40H,12,16,18-20H2,1-5H3,(H,41,46)(H,42,43)(H,44,45)/b13-9+/t22-,23+,27-,28?,30+,33+,34-/m1/s1. The van der Waals surface area contributed by atoms with Crippen molar-refractivity contribution < 1.29 is 43.3 Å². The van der Waals surface area contributed by atoms with Gasteiger partial charge in [0.1, 0.15) is 17.9 Å². The molecule has 0 aromatic heterocycles. The molecule has 0 bridgehead atoms. The van der Waals surface area contributed by atoms with E-state index in [0.717, 1.165) is 0 Å². The van der Waals surface area contributed by atoms with E-state index in [1.165, 1.54) is 19.3 Å². The quantitative estimate of drug-likeness (QED) is 0.178. The number of alkyl halides is 1. The van der Waals surface area contributed by atoms with Gasteiger partial charge in [-0.05, 0) is 41.7 Å². The second-order valence-electron chi connectivity index (χ2n) is 13.0. The third-order valence-electron chi connectivity index (χ3n) is 8.46. The maximum absolute atomic E-state index is 13.7. The fraction of sp³-hybridized carbons (Fsp3) is 0.486. The van der Waals surface area contributed by atoms with Gasteiger partial charge in [-0.15, -0.1) is 11.6 Å². The van der Waals surface area contributed by atoms with E-state index in [4.69, 9.17) is 37.4 Å². The molecular weight excluding hydrogens is 701 g/mol. The molecular formula is C37H47Cl2N3O9. The maximum atomic E-state index is 13.7. The summed E-state index contributed by atoms with van der Waals surface area (Å²) in [7, 11) is 1.48. The number of nitrogens with one attached hydrogen (secondary N) is 3. The molecule has 1 aliphatic rings. The Labute approximate surface area is 308 Å². The van der Waals surface area contributed by atoms with Gasteiger partial charge in [-0.3, -0.25) is 19.2 Å². The van der Waals surface area contributed by atoms with Gasteiger partial charge < -0.3 is 35.3 Å². The first-order chi connectivity index (χ1) is 24.2. The molecule has 51 heavy (non-hydrogen) atoms. The van der Waals surface area contributed by atoms with E-state index in [0.29, 0.717) is 21.9 Å². The van der Waals surface area contributed by atoms with Crippen molar-refractivity contribution in [3.05, 3.63) is 76.8 Å². The van der Waals surface area contributed by atoms with Gasteiger partial charge in [-0.25, -0.2) is 4.79 Å². The molecule has 0 radical (unpaired) electrons. The van der Waals surface area contributed by atoms with Gasteiger partial charge in [-0.1, -0.05) is 81.8 Å². The molecule has 278 valence electrons. The average molecular weight is 749 g/mol. The fourth-order valence-corrected chi connectivity index (χ4v) is 6.32. The molecule has 1 heterocycles. The topological polar surface area (TPSA) is 169 Å². The Morgan fingerprint density at radius 3 is 2.39 bits per heavy atom. The number of carbonyl (C=O) groups is 5. The lowest BCUT2D eigenvalue weighted by atomic mass is 9.88. The predicted molar refractivity (Wildman–Crippen MR) is 192 cm³/mol. The number of aliphatic carboxylic acids is 1. The zero-order valence-corrected chi connectivity index (χ0v) is 30.9. The SMILES string of the molecule is COc1ccc(C[C@H]2NC(=O)/C=C/CC([C@H](C)[C@@H](NCC(=O)O)[C@@H](Cl)c3ccccc3)OC(=O)[C@H](CC(C)C)OC(=O)[C@H](C)CNC2=O)cc1Cl. The molecule has 2 amide bonds. The van der Waals surface area contributed by atoms with Crippen molar-refractivity contribution in [3.8, 4) is 5.75 Å². The van der Waals surface area contributed by atoms with E-state index < -0.39 is 77.8 Å². The minimum Gasteiger partial charge on any atom is -0.495 e. The summed E-state index contributed by atoms with van der Waals surface area (Å²) >= 11 is 13.2. The summed E-state index contributed by atoms with van der Waals surface area (Å²) in [6.07, 6.45) is 0.785. The van der Waals surface area contributed by atoms with E-state index in [1.807, 2.05) is 19.9 Å². The summed E-state index contributed by atoms with van der Waals surface area (Å²) in [5.41, 5.74) is 1.37. The number of hydrogen-bond donors (Lipinski definition) is 4. The van der Waals surface area contributed by atoms with E-state index in [2.05, 4.69) is 16.0 Å². The number of carbonyl (C=O) groups excluding carboxylic acids is 4. The van der Waals surface area contributed by atoms with Crippen molar-refractivity contribution in [2.45, 2.75) is 76.6 Å². The van der Waals surface area contributed by atoms with E-state index in [-0.39, 0.29) is 31.7 Å². The number of carboxylic acid groups (broad SMARTS) is 1. The Bertz CT molecular complexity index is 1540. The molecule has 12 nitrogen and oxygen atoms in total. The molecule has 14 heteroatoms. The highest BCUT2D eigenvalue weighted by molar-refractivity contribution is 6.32. The molecule has 0 fully saturated rings. The number of halogens is 2. The monoisotopic (exact) mass is 747 g/mol. The number of methoxy groups -OCH3 is 1. The van der Waals surface area contributed by atoms with Crippen LogP contribution in [0.15, 0.2) is 60.7 Å². The summed E-state index contributed by atoms with van der Waals surface area (Å²) in [5, 5.41) is 17.5. The van der Waals surface area contributed by atoms with Crippen molar-refractivity contribution in [1.29, 1.82) is 0 Å². The van der Waals surface area contributed by atoms with Crippen LogP contribution in [-0.2, 0) is 39.9 Å². The Balaban J connectivity index is 1.99. The van der Waals surface area contributed by atoms with E-state index >= 15 is 0 Å². The van der Waals surface area contributed by atoms with Gasteiger partial charge in [-0.2, -0.15) is 0 Å². The van der Waals surface area contributed by atoms with Gasteiger partial charge in [0.05, 0.1) is 30.0 Å². The summed E-state index contributed by atoms with van der Waals surface area (Å²) in [6, 6.07) is 12.3. The Morgan fingerprint density at radius 2 is 1.76 bits per heavy atom. The zero-order valence-electron chi connectivity index (χ0n) is 29.4. The van der Waals surface area contributed by atoms with Crippen LogP contribution in [0.25, 0.3) is 0 Å². The summed E-state index contributed by atoms with van der Waals surface area (Å²) in [6.45, 7) is 6.50. The molecule has 7 atom stereocenters. The van der Waals surface area contributed by atoms with Gasteiger partial charge in [0, 0.05) is 31.3 Å². The van der Waals surface area contributed by atoms with Crippen LogP contribution in [0.4, 0.5) is 0 Å². The molecule has 2 aromatic rings. The zero-order chi connectivity index (χ0) is 37.7. The number of hydrogen-bond acceptors (Lipinski definition) is 9. The highest BCUT2D eigenvalue weighted by atomic mass is 35.5. The van der Waals surface area contributed by atoms with Crippen molar-refractivity contribution >= 4 is 52.9 Å². The molecule has 0 saturated heterocycles. The number of ether oxygens (including phenoxy) is 3. The lowest BCUT2D eigenvalue weighted by molar-refractivity contribution is -0.176. The molecule has 0 saturated carbocycles. The van der Waals surface area contributed by atoms with Crippen LogP contribution >= 0.6 is 23.2 Å². The number of cyclic esters (lactones) is 2. The van der Waals surface area contributed by atoms with Crippen LogP contribution in [-0.4, -0.2) is 79.3 Å². The van der Waals surface area contributed by atoms with Gasteiger partial charge in [0.2, 0.25) is 11.8 Å². The molecule has 0 aliphatic carbocycles. The van der Waals surface area contributed by atoms with Crippen molar-refractivity contribution in [2.75, 3.05) is 20.2 Å². The lowest BCUT2D eigenvalue weighted by Gasteiger charge is -2.34. The molecule has 2 aromatic carbocycles. The summed E-state index contributed by atoms with van der Waals surface area (Å²) in [5.74, 6) is -4.83. The van der Waals surface area contributed by atoms with Crippen LogP contribution in [0.5, 0.6) is 5.75 Å². The molecule has 0 spiro atoms. The lowest BCUT2D eigenvalue weighted by Crippen LogP contribution is -2.49. The van der Waals surface area contributed by atoms with Crippen molar-refractivity contribution in [1.82, 2.24) is 16.0 Å². The number of benzene rings is 2. The summed E-state index contributed by atoms with van der Waals surface area (Å²) in [4.78, 5) is 65.1. The van der Waals surface area contributed by atoms with Gasteiger partial charge >= 0.3 is 17.9 Å². The summed E-state index contributed by atoms with van der Waals surface area (Å²) < 4.78 is 16.9. The van der Waals surface area contributed by atoms with Crippen LogP contribution in [0.3, 0.4) is 0 Å². The molecule has 4 N–H and O–H groups in total. The van der Waals surface area contributed by atoms with Gasteiger partial charge in [0.15, 0.2) is 6.10 Å².